The minimum absolute atomic E-state index is 0.0132. The summed E-state index contributed by atoms with van der Waals surface area (Å²) in [6, 6.07) is 6.03. The molecule has 1 N–H and O–H groups in total. The summed E-state index contributed by atoms with van der Waals surface area (Å²) >= 11 is 1.57. The third-order valence-electron chi connectivity index (χ3n) is 6.31. The van der Waals surface area contributed by atoms with Crippen LogP contribution in [-0.2, 0) is 32.4 Å². The second kappa shape index (κ2) is 10.3. The number of ether oxygens (including phenoxy) is 1. The zero-order valence-corrected chi connectivity index (χ0v) is 20.3. The lowest BCUT2D eigenvalue weighted by Gasteiger charge is -2.30. The second-order valence-corrected chi connectivity index (χ2v) is 11.4. The molecule has 1 aromatic heterocycles. The first-order valence-electron chi connectivity index (χ1n) is 11.4. The van der Waals surface area contributed by atoms with E-state index in [1.165, 1.54) is 41.3 Å². The highest BCUT2D eigenvalue weighted by Gasteiger charge is 2.34. The molecular weight excluding hydrogens is 462 g/mol. The van der Waals surface area contributed by atoms with Gasteiger partial charge in [0, 0.05) is 23.9 Å². The number of anilines is 1. The Kier molecular flexibility index (Phi) is 7.45. The van der Waals surface area contributed by atoms with Gasteiger partial charge in [-0.25, -0.2) is 18.2 Å². The molecular formula is C23H29N3O5S2. The standard InChI is InChI=1S/C23H29N3O5S2/c1-31-22(28)17-8-6-7-11-20(17)33(29,30)26-14-12-16(13-15-26)21(27)25-23-24-18-9-4-2-3-5-10-19(18)32-23/h6-8,11,16H,2-5,9-10,12-15H2,1H3,(H,24,25,27). The molecule has 1 aromatic carbocycles. The fourth-order valence-electron chi connectivity index (χ4n) is 4.43. The maximum Gasteiger partial charge on any atom is 0.339 e. The molecule has 1 aliphatic carbocycles. The number of amides is 1. The van der Waals surface area contributed by atoms with Crippen molar-refractivity contribution in [3.05, 3.63) is 40.4 Å². The Morgan fingerprint density at radius 1 is 1.09 bits per heavy atom. The van der Waals surface area contributed by atoms with Gasteiger partial charge in [0.05, 0.1) is 23.3 Å². The van der Waals surface area contributed by atoms with Crippen molar-refractivity contribution in [3.8, 4) is 0 Å². The van der Waals surface area contributed by atoms with Crippen molar-refractivity contribution in [2.24, 2.45) is 5.92 Å². The lowest BCUT2D eigenvalue weighted by atomic mass is 9.97. The van der Waals surface area contributed by atoms with E-state index in [9.17, 15) is 18.0 Å². The number of piperidine rings is 1. The number of methoxy groups -OCH3 is 1. The van der Waals surface area contributed by atoms with Gasteiger partial charge in [-0.1, -0.05) is 25.0 Å². The minimum atomic E-state index is -3.87. The molecule has 1 fully saturated rings. The predicted molar refractivity (Wildman–Crippen MR) is 126 cm³/mol. The van der Waals surface area contributed by atoms with E-state index < -0.39 is 16.0 Å². The first kappa shape index (κ1) is 23.8. The van der Waals surface area contributed by atoms with Gasteiger partial charge in [-0.2, -0.15) is 4.31 Å². The molecule has 4 rings (SSSR count). The lowest BCUT2D eigenvalue weighted by molar-refractivity contribution is -0.120. The number of hydrogen-bond donors (Lipinski definition) is 1. The molecule has 0 spiro atoms. The lowest BCUT2D eigenvalue weighted by Crippen LogP contribution is -2.41. The van der Waals surface area contributed by atoms with Crippen LogP contribution in [0.2, 0.25) is 0 Å². The van der Waals surface area contributed by atoms with E-state index in [4.69, 9.17) is 4.74 Å². The highest BCUT2D eigenvalue weighted by atomic mass is 32.2. The minimum Gasteiger partial charge on any atom is -0.465 e. The van der Waals surface area contributed by atoms with E-state index in [-0.39, 0.29) is 35.4 Å². The number of hydrogen-bond acceptors (Lipinski definition) is 7. The third kappa shape index (κ3) is 5.28. The fraction of sp³-hybridized carbons (Fsp3) is 0.522. The Bertz CT molecular complexity index is 1100. The van der Waals surface area contributed by atoms with Crippen molar-refractivity contribution in [3.63, 3.8) is 0 Å². The molecule has 0 saturated carbocycles. The molecule has 1 amide bonds. The van der Waals surface area contributed by atoms with Crippen LogP contribution in [0, 0.1) is 5.92 Å². The van der Waals surface area contributed by atoms with E-state index in [0.29, 0.717) is 18.0 Å². The molecule has 2 heterocycles. The van der Waals surface area contributed by atoms with Crippen LogP contribution in [0.25, 0.3) is 0 Å². The van der Waals surface area contributed by atoms with Crippen molar-refractivity contribution in [2.45, 2.75) is 56.3 Å². The van der Waals surface area contributed by atoms with Crippen LogP contribution in [0.15, 0.2) is 29.2 Å². The molecule has 8 nitrogen and oxygen atoms in total. The smallest absolute Gasteiger partial charge is 0.339 e. The molecule has 0 atom stereocenters. The molecule has 33 heavy (non-hydrogen) atoms. The SMILES string of the molecule is COC(=O)c1ccccc1S(=O)(=O)N1CCC(C(=O)Nc2nc3c(s2)CCCCCC3)CC1. The number of esters is 1. The van der Waals surface area contributed by atoms with Crippen molar-refractivity contribution in [1.29, 1.82) is 0 Å². The van der Waals surface area contributed by atoms with Crippen LogP contribution in [-0.4, -0.2) is 49.8 Å². The molecule has 0 radical (unpaired) electrons. The third-order valence-corrected chi connectivity index (χ3v) is 9.34. The van der Waals surface area contributed by atoms with E-state index in [0.717, 1.165) is 31.4 Å². The maximum atomic E-state index is 13.2. The maximum absolute atomic E-state index is 13.2. The van der Waals surface area contributed by atoms with Crippen LogP contribution < -0.4 is 5.32 Å². The summed E-state index contributed by atoms with van der Waals surface area (Å²) in [5.74, 6) is -1.08. The largest absolute Gasteiger partial charge is 0.465 e. The predicted octanol–water partition coefficient (Wildman–Crippen LogP) is 3.63. The number of carbonyl (C=O) groups excluding carboxylic acids is 2. The monoisotopic (exact) mass is 491 g/mol. The summed E-state index contributed by atoms with van der Waals surface area (Å²) in [5.41, 5.74) is 1.12. The molecule has 0 bridgehead atoms. The van der Waals surface area contributed by atoms with E-state index in [1.54, 1.807) is 23.5 Å². The highest BCUT2D eigenvalue weighted by Crippen LogP contribution is 2.30. The average molecular weight is 492 g/mol. The summed E-state index contributed by atoms with van der Waals surface area (Å²) < 4.78 is 32.4. The number of thiazole rings is 1. The number of nitrogens with one attached hydrogen (secondary N) is 1. The van der Waals surface area contributed by atoms with Gasteiger partial charge in [-0.05, 0) is 50.7 Å². The summed E-state index contributed by atoms with van der Waals surface area (Å²) in [7, 11) is -2.65. The van der Waals surface area contributed by atoms with Gasteiger partial charge in [0.1, 0.15) is 0 Å². The molecule has 10 heteroatoms. The van der Waals surface area contributed by atoms with Crippen LogP contribution in [0.5, 0.6) is 0 Å². The first-order chi connectivity index (χ1) is 15.9. The molecule has 0 unspecified atom stereocenters. The molecule has 2 aromatic rings. The number of carbonyl (C=O) groups is 2. The number of nitrogens with zero attached hydrogens (tertiary/aromatic N) is 2. The Labute approximate surface area is 198 Å². The summed E-state index contributed by atoms with van der Waals surface area (Å²) in [6.07, 6.45) is 7.57. The Balaban J connectivity index is 1.39. The van der Waals surface area contributed by atoms with E-state index >= 15 is 0 Å². The van der Waals surface area contributed by atoms with Gasteiger partial charge in [0.15, 0.2) is 5.13 Å². The van der Waals surface area contributed by atoms with Crippen molar-refractivity contribution in [1.82, 2.24) is 9.29 Å². The number of rotatable bonds is 5. The van der Waals surface area contributed by atoms with Gasteiger partial charge in [0.2, 0.25) is 15.9 Å². The molecule has 1 saturated heterocycles. The average Bonchev–Trinajstić information content (AvgIpc) is 3.18. The van der Waals surface area contributed by atoms with Gasteiger partial charge in [0.25, 0.3) is 0 Å². The topological polar surface area (TPSA) is 106 Å². The molecule has 178 valence electrons. The zero-order valence-electron chi connectivity index (χ0n) is 18.7. The Morgan fingerprint density at radius 3 is 2.52 bits per heavy atom. The molecule has 1 aliphatic heterocycles. The first-order valence-corrected chi connectivity index (χ1v) is 13.6. The van der Waals surface area contributed by atoms with Crippen LogP contribution in [0.1, 0.15) is 59.5 Å². The van der Waals surface area contributed by atoms with Gasteiger partial charge in [-0.15, -0.1) is 11.3 Å². The summed E-state index contributed by atoms with van der Waals surface area (Å²) in [6.45, 7) is 0.425. The van der Waals surface area contributed by atoms with E-state index in [1.807, 2.05) is 0 Å². The second-order valence-electron chi connectivity index (χ2n) is 8.46. The number of benzene rings is 1. The van der Waals surface area contributed by atoms with Gasteiger partial charge in [-0.3, -0.25) is 4.79 Å². The van der Waals surface area contributed by atoms with Crippen LogP contribution >= 0.6 is 11.3 Å². The summed E-state index contributed by atoms with van der Waals surface area (Å²) in [4.78, 5) is 30.7. The molecule has 2 aliphatic rings. The van der Waals surface area contributed by atoms with E-state index in [2.05, 4.69) is 10.3 Å². The van der Waals surface area contributed by atoms with Gasteiger partial charge < -0.3 is 10.1 Å². The number of sulfonamides is 1. The number of fused-ring (bicyclic) bond motifs is 1. The fourth-order valence-corrected chi connectivity index (χ4v) is 7.14. The normalized spacial score (nSPS) is 18.1. The van der Waals surface area contributed by atoms with Crippen LogP contribution in [0.3, 0.4) is 0 Å². The quantitative estimate of drug-likeness (QED) is 0.641. The number of aromatic nitrogens is 1. The highest BCUT2D eigenvalue weighted by molar-refractivity contribution is 7.89. The summed E-state index contributed by atoms with van der Waals surface area (Å²) in [5, 5.41) is 3.61. The number of aryl methyl sites for hydroxylation is 2. The zero-order chi connectivity index (χ0) is 23.4. The Hall–Kier alpha value is -2.30. The van der Waals surface area contributed by atoms with Crippen LogP contribution in [0.4, 0.5) is 5.13 Å². The van der Waals surface area contributed by atoms with Gasteiger partial charge >= 0.3 is 5.97 Å². The van der Waals surface area contributed by atoms with Crippen molar-refractivity contribution < 1.29 is 22.7 Å². The Morgan fingerprint density at radius 2 is 1.79 bits per heavy atom. The van der Waals surface area contributed by atoms with Crippen molar-refractivity contribution in [2.75, 3.05) is 25.5 Å². The van der Waals surface area contributed by atoms with Crippen molar-refractivity contribution >= 4 is 38.4 Å².